The molecule has 3 aromatic heterocycles. The second kappa shape index (κ2) is 8.99. The van der Waals surface area contributed by atoms with Gasteiger partial charge in [0.1, 0.15) is 11.3 Å². The average molecular weight is 473 g/mol. The summed E-state index contributed by atoms with van der Waals surface area (Å²) in [6.45, 7) is 1.50. The number of ether oxygens (including phenoxy) is 1. The van der Waals surface area contributed by atoms with E-state index in [4.69, 9.17) is 4.74 Å². The maximum Gasteiger partial charge on any atom is 0.234 e. The van der Waals surface area contributed by atoms with Crippen LogP contribution in [0, 0.1) is 0 Å². The average Bonchev–Trinajstić information content (AvgIpc) is 3.47. The molecule has 2 aromatic carbocycles. The van der Waals surface area contributed by atoms with E-state index in [0.29, 0.717) is 22.1 Å². The molecule has 0 unspecified atom stereocenters. The van der Waals surface area contributed by atoms with Crippen molar-refractivity contribution in [2.24, 2.45) is 0 Å². The van der Waals surface area contributed by atoms with Gasteiger partial charge in [0.2, 0.25) is 5.91 Å². The molecule has 0 aliphatic heterocycles. The zero-order chi connectivity index (χ0) is 23.7. The van der Waals surface area contributed by atoms with Crippen LogP contribution in [0.25, 0.3) is 22.4 Å². The van der Waals surface area contributed by atoms with Crippen LogP contribution in [0.3, 0.4) is 0 Å². The van der Waals surface area contributed by atoms with Gasteiger partial charge in [-0.25, -0.2) is 4.52 Å². The maximum atomic E-state index is 12.4. The third kappa shape index (κ3) is 4.23. The zero-order valence-corrected chi connectivity index (χ0v) is 19.2. The van der Waals surface area contributed by atoms with E-state index in [9.17, 15) is 9.59 Å². The van der Waals surface area contributed by atoms with Gasteiger partial charge < -0.3 is 10.1 Å². The fraction of sp³-hybridized carbons (Fsp3) is 0.125. The Labute approximate surface area is 198 Å². The molecular formula is C24H20N6O3S. The van der Waals surface area contributed by atoms with Crippen molar-refractivity contribution in [1.29, 1.82) is 0 Å². The summed E-state index contributed by atoms with van der Waals surface area (Å²) in [6, 6.07) is 16.4. The minimum absolute atomic E-state index is 0.0180. The summed E-state index contributed by atoms with van der Waals surface area (Å²) in [6.07, 6.45) is 3.66. The Kier molecular flexibility index (Phi) is 5.72. The smallest absolute Gasteiger partial charge is 0.234 e. The molecular weight excluding hydrogens is 452 g/mol. The molecule has 0 aliphatic rings. The Hall–Kier alpha value is -4.18. The summed E-state index contributed by atoms with van der Waals surface area (Å²) in [5.74, 6) is 0.753. The number of hydrogen-bond acceptors (Lipinski definition) is 7. The molecule has 0 saturated heterocycles. The number of carbonyl (C=O) groups excluding carboxylic acids is 2. The highest BCUT2D eigenvalue weighted by molar-refractivity contribution is 7.99. The first-order valence-electron chi connectivity index (χ1n) is 10.4. The van der Waals surface area contributed by atoms with Gasteiger partial charge in [0.05, 0.1) is 18.6 Å². The molecule has 3 heterocycles. The number of anilines is 1. The number of hydrogen-bond donors (Lipinski definition) is 1. The van der Waals surface area contributed by atoms with Gasteiger partial charge in [-0.05, 0) is 61.5 Å². The lowest BCUT2D eigenvalue weighted by molar-refractivity contribution is -0.113. The van der Waals surface area contributed by atoms with Crippen LogP contribution in [0.5, 0.6) is 5.75 Å². The molecule has 1 amide bonds. The van der Waals surface area contributed by atoms with Gasteiger partial charge in [0.25, 0.3) is 0 Å². The van der Waals surface area contributed by atoms with Crippen LogP contribution >= 0.6 is 11.8 Å². The Morgan fingerprint density at radius 3 is 2.50 bits per heavy atom. The molecule has 0 spiro atoms. The van der Waals surface area contributed by atoms with E-state index in [1.807, 2.05) is 47.1 Å². The van der Waals surface area contributed by atoms with E-state index >= 15 is 0 Å². The highest BCUT2D eigenvalue weighted by Crippen LogP contribution is 2.25. The van der Waals surface area contributed by atoms with Gasteiger partial charge in [-0.2, -0.15) is 5.10 Å². The zero-order valence-electron chi connectivity index (χ0n) is 18.4. The second-order valence-corrected chi connectivity index (χ2v) is 8.48. The number of fused-ring (bicyclic) bond motifs is 3. The number of thioether (sulfide) groups is 1. The van der Waals surface area contributed by atoms with Gasteiger partial charge in [-0.1, -0.05) is 11.8 Å². The summed E-state index contributed by atoms with van der Waals surface area (Å²) in [4.78, 5) is 23.8. The van der Waals surface area contributed by atoms with Gasteiger partial charge >= 0.3 is 0 Å². The lowest BCUT2D eigenvalue weighted by atomic mass is 10.1. The molecule has 0 radical (unpaired) electrons. The third-order valence-corrected chi connectivity index (χ3v) is 6.22. The van der Waals surface area contributed by atoms with E-state index in [-0.39, 0.29) is 17.4 Å². The van der Waals surface area contributed by atoms with Crippen LogP contribution in [0.4, 0.5) is 5.69 Å². The number of rotatable bonds is 7. The molecule has 0 atom stereocenters. The molecule has 170 valence electrons. The summed E-state index contributed by atoms with van der Waals surface area (Å²) in [5.41, 5.74) is 4.46. The fourth-order valence-corrected chi connectivity index (χ4v) is 4.23. The summed E-state index contributed by atoms with van der Waals surface area (Å²) in [5, 5.41) is 16.6. The van der Waals surface area contributed by atoms with Crippen molar-refractivity contribution in [1.82, 2.24) is 24.2 Å². The van der Waals surface area contributed by atoms with E-state index in [1.165, 1.54) is 18.7 Å². The summed E-state index contributed by atoms with van der Waals surface area (Å²) >= 11 is 1.29. The summed E-state index contributed by atoms with van der Waals surface area (Å²) in [7, 11) is 1.63. The maximum absolute atomic E-state index is 12.4. The molecule has 34 heavy (non-hydrogen) atoms. The molecule has 0 fully saturated rings. The molecule has 10 heteroatoms. The minimum Gasteiger partial charge on any atom is -0.497 e. The SMILES string of the molecule is COc1ccc(-c2cc3c4nnc(SCC(=O)Nc5ccc(C(C)=O)cc5)n4ccn3n2)cc1. The van der Waals surface area contributed by atoms with Crippen LogP contribution in [0.1, 0.15) is 17.3 Å². The van der Waals surface area contributed by atoms with Crippen molar-refractivity contribution >= 4 is 40.3 Å². The third-order valence-electron chi connectivity index (χ3n) is 5.28. The van der Waals surface area contributed by atoms with Crippen molar-refractivity contribution in [3.8, 4) is 17.0 Å². The monoisotopic (exact) mass is 472 g/mol. The number of ketones is 1. The largest absolute Gasteiger partial charge is 0.497 e. The van der Waals surface area contributed by atoms with Crippen molar-refractivity contribution in [2.75, 3.05) is 18.2 Å². The number of nitrogens with one attached hydrogen (secondary N) is 1. The first-order chi connectivity index (χ1) is 16.5. The standard InChI is InChI=1S/C24H20N6O3S/c1-15(31)16-3-7-18(8-4-16)25-22(32)14-34-24-27-26-23-21-13-20(28-30(21)12-11-29(23)24)17-5-9-19(33-2)10-6-17/h3-13H,14H2,1-2H3,(H,25,32). The molecule has 1 N–H and O–H groups in total. The van der Waals surface area contributed by atoms with Crippen molar-refractivity contribution in [3.63, 3.8) is 0 Å². The second-order valence-electron chi connectivity index (χ2n) is 7.53. The van der Waals surface area contributed by atoms with Crippen LogP contribution in [0.2, 0.25) is 0 Å². The Morgan fingerprint density at radius 2 is 1.79 bits per heavy atom. The predicted molar refractivity (Wildman–Crippen MR) is 130 cm³/mol. The molecule has 0 bridgehead atoms. The number of carbonyl (C=O) groups is 2. The Bertz CT molecular complexity index is 1510. The minimum atomic E-state index is -0.176. The van der Waals surface area contributed by atoms with Crippen LogP contribution in [0.15, 0.2) is 72.1 Å². The molecule has 5 aromatic rings. The molecule has 0 saturated carbocycles. The number of aromatic nitrogens is 5. The van der Waals surface area contributed by atoms with Gasteiger partial charge in [0.15, 0.2) is 16.6 Å². The fourth-order valence-electron chi connectivity index (χ4n) is 3.51. The van der Waals surface area contributed by atoms with Gasteiger partial charge in [0, 0.05) is 29.2 Å². The van der Waals surface area contributed by atoms with Crippen molar-refractivity contribution in [3.05, 3.63) is 72.6 Å². The predicted octanol–water partition coefficient (Wildman–Crippen LogP) is 3.99. The lowest BCUT2D eigenvalue weighted by Gasteiger charge is -2.05. The molecule has 9 nitrogen and oxygen atoms in total. The van der Waals surface area contributed by atoms with Crippen molar-refractivity contribution < 1.29 is 14.3 Å². The van der Waals surface area contributed by atoms with Crippen LogP contribution < -0.4 is 10.1 Å². The van der Waals surface area contributed by atoms with Crippen molar-refractivity contribution in [2.45, 2.75) is 12.1 Å². The van der Waals surface area contributed by atoms with E-state index in [0.717, 1.165) is 22.5 Å². The van der Waals surface area contributed by atoms with Gasteiger partial charge in [-0.3, -0.25) is 14.0 Å². The number of Topliss-reactive ketones (excluding diaryl/α,β-unsaturated/α-hetero) is 1. The topological polar surface area (TPSA) is 103 Å². The Morgan fingerprint density at radius 1 is 1.03 bits per heavy atom. The summed E-state index contributed by atoms with van der Waals surface area (Å²) < 4.78 is 8.82. The normalized spacial score (nSPS) is 11.1. The number of benzene rings is 2. The first kappa shape index (κ1) is 21.7. The van der Waals surface area contributed by atoms with Crippen LogP contribution in [-0.2, 0) is 4.79 Å². The number of amides is 1. The van der Waals surface area contributed by atoms with E-state index in [2.05, 4.69) is 20.6 Å². The first-order valence-corrected chi connectivity index (χ1v) is 11.4. The lowest BCUT2D eigenvalue weighted by Crippen LogP contribution is -2.14. The Balaban J connectivity index is 1.32. The van der Waals surface area contributed by atoms with Gasteiger partial charge in [-0.15, -0.1) is 10.2 Å². The molecule has 5 rings (SSSR count). The highest BCUT2D eigenvalue weighted by atomic mass is 32.2. The van der Waals surface area contributed by atoms with Crippen LogP contribution in [-0.4, -0.2) is 48.8 Å². The van der Waals surface area contributed by atoms with E-state index in [1.54, 1.807) is 35.9 Å². The quantitative estimate of drug-likeness (QED) is 0.282. The van der Waals surface area contributed by atoms with E-state index < -0.39 is 0 Å². The molecule has 0 aliphatic carbocycles. The number of methoxy groups -OCH3 is 1. The number of nitrogens with zero attached hydrogens (tertiary/aromatic N) is 5. The highest BCUT2D eigenvalue weighted by Gasteiger charge is 2.14.